The molecule has 0 saturated carbocycles. The van der Waals surface area contributed by atoms with E-state index in [4.69, 9.17) is 10.5 Å². The molecule has 0 atom stereocenters. The normalized spacial score (nSPS) is 16.1. The SMILES string of the molecule is Cl.Nc1ccccc1N1CCOCC1. The van der Waals surface area contributed by atoms with Gasteiger partial charge in [-0.05, 0) is 12.1 Å². The number of benzene rings is 1. The lowest BCUT2D eigenvalue weighted by Gasteiger charge is -2.29. The third-order valence-electron chi connectivity index (χ3n) is 2.29. The van der Waals surface area contributed by atoms with Gasteiger partial charge in [-0.1, -0.05) is 12.1 Å². The van der Waals surface area contributed by atoms with Gasteiger partial charge in [-0.2, -0.15) is 0 Å². The minimum Gasteiger partial charge on any atom is -0.397 e. The largest absolute Gasteiger partial charge is 0.397 e. The van der Waals surface area contributed by atoms with E-state index in [2.05, 4.69) is 11.0 Å². The van der Waals surface area contributed by atoms with Crippen LogP contribution in [0.5, 0.6) is 0 Å². The highest BCUT2D eigenvalue weighted by molar-refractivity contribution is 5.85. The van der Waals surface area contributed by atoms with E-state index in [9.17, 15) is 0 Å². The van der Waals surface area contributed by atoms with Crippen LogP contribution in [-0.4, -0.2) is 26.3 Å². The molecule has 0 radical (unpaired) electrons. The zero-order valence-corrected chi connectivity index (χ0v) is 8.80. The van der Waals surface area contributed by atoms with E-state index >= 15 is 0 Å². The Morgan fingerprint density at radius 3 is 2.43 bits per heavy atom. The zero-order valence-electron chi connectivity index (χ0n) is 7.98. The molecule has 0 spiro atoms. The lowest BCUT2D eigenvalue weighted by atomic mass is 10.2. The quantitative estimate of drug-likeness (QED) is 0.721. The minimum absolute atomic E-state index is 0. The molecule has 1 aromatic rings. The molecule has 14 heavy (non-hydrogen) atoms. The predicted molar refractivity (Wildman–Crippen MR) is 61.1 cm³/mol. The Morgan fingerprint density at radius 1 is 1.14 bits per heavy atom. The maximum absolute atomic E-state index is 5.87. The van der Waals surface area contributed by atoms with Crippen molar-refractivity contribution in [2.45, 2.75) is 0 Å². The Morgan fingerprint density at radius 2 is 1.79 bits per heavy atom. The standard InChI is InChI=1S/C10H14N2O.ClH/c11-9-3-1-2-4-10(9)12-5-7-13-8-6-12;/h1-4H,5-8,11H2;1H. The molecule has 4 heteroatoms. The van der Waals surface area contributed by atoms with Crippen molar-refractivity contribution in [1.29, 1.82) is 0 Å². The van der Waals surface area contributed by atoms with E-state index in [0.717, 1.165) is 37.7 Å². The lowest BCUT2D eigenvalue weighted by Crippen LogP contribution is -2.36. The van der Waals surface area contributed by atoms with Crippen molar-refractivity contribution in [3.63, 3.8) is 0 Å². The maximum atomic E-state index is 5.87. The molecule has 1 fully saturated rings. The Labute approximate surface area is 90.3 Å². The molecule has 0 aliphatic carbocycles. The summed E-state index contributed by atoms with van der Waals surface area (Å²) in [5.74, 6) is 0. The van der Waals surface area contributed by atoms with E-state index in [-0.39, 0.29) is 12.4 Å². The van der Waals surface area contributed by atoms with Gasteiger partial charge in [0, 0.05) is 13.1 Å². The summed E-state index contributed by atoms with van der Waals surface area (Å²) in [4.78, 5) is 2.26. The van der Waals surface area contributed by atoms with Gasteiger partial charge in [-0.15, -0.1) is 12.4 Å². The Kier molecular flexibility index (Phi) is 4.04. The first-order chi connectivity index (χ1) is 6.38. The summed E-state index contributed by atoms with van der Waals surface area (Å²) in [5.41, 5.74) is 7.85. The van der Waals surface area contributed by atoms with Crippen LogP contribution < -0.4 is 10.6 Å². The summed E-state index contributed by atoms with van der Waals surface area (Å²) in [5, 5.41) is 0. The highest BCUT2D eigenvalue weighted by Crippen LogP contribution is 2.22. The summed E-state index contributed by atoms with van der Waals surface area (Å²) >= 11 is 0. The van der Waals surface area contributed by atoms with E-state index in [1.165, 1.54) is 0 Å². The van der Waals surface area contributed by atoms with Crippen molar-refractivity contribution in [1.82, 2.24) is 0 Å². The molecule has 1 saturated heterocycles. The van der Waals surface area contributed by atoms with Crippen LogP contribution in [0.4, 0.5) is 11.4 Å². The number of morpholine rings is 1. The molecule has 1 heterocycles. The summed E-state index contributed by atoms with van der Waals surface area (Å²) in [7, 11) is 0. The van der Waals surface area contributed by atoms with Crippen molar-refractivity contribution in [3.8, 4) is 0 Å². The van der Waals surface area contributed by atoms with Crippen LogP contribution in [0, 0.1) is 0 Å². The Bertz CT molecular complexity index is 287. The van der Waals surface area contributed by atoms with Gasteiger partial charge in [0.25, 0.3) is 0 Å². The van der Waals surface area contributed by atoms with Crippen LogP contribution in [0.2, 0.25) is 0 Å². The summed E-state index contributed by atoms with van der Waals surface area (Å²) in [6.07, 6.45) is 0. The first-order valence-corrected chi connectivity index (χ1v) is 4.55. The van der Waals surface area contributed by atoms with Crippen molar-refractivity contribution in [2.75, 3.05) is 36.9 Å². The van der Waals surface area contributed by atoms with Gasteiger partial charge < -0.3 is 15.4 Å². The van der Waals surface area contributed by atoms with Gasteiger partial charge in [0.1, 0.15) is 0 Å². The number of para-hydroxylation sites is 2. The number of hydrogen-bond donors (Lipinski definition) is 1. The van der Waals surface area contributed by atoms with Crippen LogP contribution in [0.3, 0.4) is 0 Å². The number of hydrogen-bond acceptors (Lipinski definition) is 3. The van der Waals surface area contributed by atoms with E-state index in [0.29, 0.717) is 0 Å². The summed E-state index contributed by atoms with van der Waals surface area (Å²) in [6, 6.07) is 7.96. The average molecular weight is 215 g/mol. The van der Waals surface area contributed by atoms with Crippen molar-refractivity contribution >= 4 is 23.8 Å². The van der Waals surface area contributed by atoms with Crippen molar-refractivity contribution < 1.29 is 4.74 Å². The van der Waals surface area contributed by atoms with E-state index in [1.54, 1.807) is 0 Å². The molecule has 0 aromatic heterocycles. The fourth-order valence-electron chi connectivity index (χ4n) is 1.58. The van der Waals surface area contributed by atoms with Crippen molar-refractivity contribution in [2.24, 2.45) is 0 Å². The summed E-state index contributed by atoms with van der Waals surface area (Å²) < 4.78 is 5.28. The van der Waals surface area contributed by atoms with Crippen LogP contribution in [0.25, 0.3) is 0 Å². The molecule has 78 valence electrons. The molecular formula is C10H15ClN2O. The predicted octanol–water partition coefficient (Wildman–Crippen LogP) is 1.53. The highest BCUT2D eigenvalue weighted by atomic mass is 35.5. The molecular weight excluding hydrogens is 200 g/mol. The molecule has 1 aliphatic heterocycles. The molecule has 3 nitrogen and oxygen atoms in total. The topological polar surface area (TPSA) is 38.5 Å². The molecule has 2 N–H and O–H groups in total. The van der Waals surface area contributed by atoms with Gasteiger partial charge in [-0.3, -0.25) is 0 Å². The number of rotatable bonds is 1. The summed E-state index contributed by atoms with van der Waals surface area (Å²) in [6.45, 7) is 3.48. The first kappa shape index (κ1) is 11.1. The molecule has 1 aliphatic rings. The molecule has 2 rings (SSSR count). The smallest absolute Gasteiger partial charge is 0.0642 e. The third kappa shape index (κ3) is 2.30. The lowest BCUT2D eigenvalue weighted by molar-refractivity contribution is 0.123. The van der Waals surface area contributed by atoms with Gasteiger partial charge in [0.05, 0.1) is 24.6 Å². The Hall–Kier alpha value is -0.930. The van der Waals surface area contributed by atoms with Gasteiger partial charge in [0.2, 0.25) is 0 Å². The second kappa shape index (κ2) is 5.08. The van der Waals surface area contributed by atoms with Crippen LogP contribution in [0.15, 0.2) is 24.3 Å². The van der Waals surface area contributed by atoms with Crippen molar-refractivity contribution in [3.05, 3.63) is 24.3 Å². The van der Waals surface area contributed by atoms with Gasteiger partial charge in [-0.25, -0.2) is 0 Å². The van der Waals surface area contributed by atoms with E-state index < -0.39 is 0 Å². The van der Waals surface area contributed by atoms with Crippen LogP contribution in [0.1, 0.15) is 0 Å². The number of nitrogens with zero attached hydrogens (tertiary/aromatic N) is 1. The van der Waals surface area contributed by atoms with Gasteiger partial charge >= 0.3 is 0 Å². The second-order valence-corrected chi connectivity index (χ2v) is 3.16. The zero-order chi connectivity index (χ0) is 9.10. The fourth-order valence-corrected chi connectivity index (χ4v) is 1.58. The van der Waals surface area contributed by atoms with Crippen LogP contribution >= 0.6 is 12.4 Å². The Balaban J connectivity index is 0.000000980. The highest BCUT2D eigenvalue weighted by Gasteiger charge is 2.12. The molecule has 0 amide bonds. The average Bonchev–Trinajstić information content (AvgIpc) is 2.20. The molecule has 0 bridgehead atoms. The number of nitrogen functional groups attached to an aromatic ring is 1. The monoisotopic (exact) mass is 214 g/mol. The van der Waals surface area contributed by atoms with Gasteiger partial charge in [0.15, 0.2) is 0 Å². The second-order valence-electron chi connectivity index (χ2n) is 3.16. The molecule has 0 unspecified atom stereocenters. The fraction of sp³-hybridized carbons (Fsp3) is 0.400. The third-order valence-corrected chi connectivity index (χ3v) is 2.29. The first-order valence-electron chi connectivity index (χ1n) is 4.55. The number of anilines is 2. The maximum Gasteiger partial charge on any atom is 0.0642 e. The van der Waals surface area contributed by atoms with Crippen LogP contribution in [-0.2, 0) is 4.74 Å². The molecule has 1 aromatic carbocycles. The van der Waals surface area contributed by atoms with E-state index in [1.807, 2.05) is 18.2 Å². The number of nitrogens with two attached hydrogens (primary N) is 1. The number of ether oxygens (including phenoxy) is 1. The number of halogens is 1. The minimum atomic E-state index is 0.